The Morgan fingerprint density at radius 3 is 2.90 bits per heavy atom. The lowest BCUT2D eigenvalue weighted by Gasteiger charge is -2.30. The lowest BCUT2D eigenvalue weighted by atomic mass is 9.94. The summed E-state index contributed by atoms with van der Waals surface area (Å²) in [5, 5.41) is 2.98. The van der Waals surface area contributed by atoms with Gasteiger partial charge in [-0.1, -0.05) is 19.3 Å². The molecule has 1 saturated heterocycles. The van der Waals surface area contributed by atoms with Gasteiger partial charge in [-0.25, -0.2) is 4.98 Å². The minimum atomic E-state index is 0.135. The molecule has 21 heavy (non-hydrogen) atoms. The van der Waals surface area contributed by atoms with Crippen molar-refractivity contribution in [3.63, 3.8) is 0 Å². The van der Waals surface area contributed by atoms with Crippen molar-refractivity contribution >= 4 is 5.91 Å². The Hall–Kier alpha value is -1.36. The first-order valence-electron chi connectivity index (χ1n) is 8.15. The van der Waals surface area contributed by atoms with E-state index in [0.717, 1.165) is 25.3 Å². The molecule has 2 fully saturated rings. The number of oxazole rings is 1. The minimum Gasteiger partial charge on any atom is -0.444 e. The van der Waals surface area contributed by atoms with Crippen LogP contribution in [0.5, 0.6) is 0 Å². The predicted octanol–water partition coefficient (Wildman–Crippen LogP) is 2.25. The number of amides is 1. The molecule has 5 nitrogen and oxygen atoms in total. The van der Waals surface area contributed by atoms with Crippen LogP contribution in [0.25, 0.3) is 0 Å². The molecule has 1 aromatic heterocycles. The van der Waals surface area contributed by atoms with Crippen LogP contribution in [0.1, 0.15) is 50.2 Å². The van der Waals surface area contributed by atoms with Gasteiger partial charge in [0.15, 0.2) is 5.89 Å². The molecule has 116 valence electrons. The van der Waals surface area contributed by atoms with Crippen molar-refractivity contribution in [3.8, 4) is 0 Å². The van der Waals surface area contributed by atoms with E-state index in [-0.39, 0.29) is 11.8 Å². The molecule has 0 radical (unpaired) electrons. The zero-order chi connectivity index (χ0) is 14.7. The minimum absolute atomic E-state index is 0.135. The molecule has 1 aliphatic carbocycles. The molecule has 0 spiro atoms. The van der Waals surface area contributed by atoms with Crippen molar-refractivity contribution in [2.24, 2.45) is 5.92 Å². The summed E-state index contributed by atoms with van der Waals surface area (Å²) in [6.07, 6.45) is 9.37. The van der Waals surface area contributed by atoms with Crippen molar-refractivity contribution in [2.75, 3.05) is 13.1 Å². The van der Waals surface area contributed by atoms with Gasteiger partial charge in [0.25, 0.3) is 0 Å². The average Bonchev–Trinajstić information content (AvgIpc) is 3.15. The third-order valence-corrected chi connectivity index (χ3v) is 4.79. The van der Waals surface area contributed by atoms with Crippen LogP contribution in [0.3, 0.4) is 0 Å². The van der Waals surface area contributed by atoms with Crippen LogP contribution < -0.4 is 5.32 Å². The Bertz CT molecular complexity index is 480. The van der Waals surface area contributed by atoms with Gasteiger partial charge in [0, 0.05) is 19.5 Å². The number of aryl methyl sites for hydroxylation is 1. The number of hydrogen-bond donors (Lipinski definition) is 1. The number of aromatic nitrogens is 1. The molecule has 2 aliphatic rings. The van der Waals surface area contributed by atoms with Gasteiger partial charge in [-0.15, -0.1) is 0 Å². The highest BCUT2D eigenvalue weighted by molar-refractivity contribution is 5.79. The number of carbonyl (C=O) groups excluding carboxylic acids is 1. The lowest BCUT2D eigenvalue weighted by molar-refractivity contribution is -0.124. The third-order valence-electron chi connectivity index (χ3n) is 4.79. The maximum Gasteiger partial charge on any atom is 0.224 e. The summed E-state index contributed by atoms with van der Waals surface area (Å²) in [6, 6.07) is 0.716. The summed E-state index contributed by atoms with van der Waals surface area (Å²) in [4.78, 5) is 18.8. The monoisotopic (exact) mass is 291 g/mol. The van der Waals surface area contributed by atoms with Gasteiger partial charge in [-0.3, -0.25) is 9.69 Å². The van der Waals surface area contributed by atoms with Crippen LogP contribution >= 0.6 is 0 Å². The molecule has 2 heterocycles. The Morgan fingerprint density at radius 2 is 2.19 bits per heavy atom. The quantitative estimate of drug-likeness (QED) is 0.924. The number of rotatable bonds is 4. The molecule has 1 atom stereocenters. The molecule has 0 aromatic carbocycles. The maximum atomic E-state index is 12.3. The van der Waals surface area contributed by atoms with E-state index in [1.165, 1.54) is 32.1 Å². The van der Waals surface area contributed by atoms with Crippen LogP contribution in [0.15, 0.2) is 10.6 Å². The van der Waals surface area contributed by atoms with E-state index in [0.29, 0.717) is 18.5 Å². The van der Waals surface area contributed by atoms with Gasteiger partial charge in [-0.2, -0.15) is 0 Å². The van der Waals surface area contributed by atoms with Crippen LogP contribution in [-0.4, -0.2) is 34.9 Å². The smallest absolute Gasteiger partial charge is 0.224 e. The Balaban J connectivity index is 1.45. The zero-order valence-corrected chi connectivity index (χ0v) is 12.8. The van der Waals surface area contributed by atoms with Crippen LogP contribution in [0.4, 0.5) is 0 Å². The fraction of sp³-hybridized carbons (Fsp3) is 0.750. The fourth-order valence-corrected chi connectivity index (χ4v) is 3.58. The van der Waals surface area contributed by atoms with Crippen molar-refractivity contribution in [2.45, 2.75) is 58.0 Å². The van der Waals surface area contributed by atoms with Gasteiger partial charge in [0.05, 0.1) is 18.7 Å². The number of carbonyl (C=O) groups is 1. The van der Waals surface area contributed by atoms with Crippen LogP contribution in [0, 0.1) is 12.8 Å². The van der Waals surface area contributed by atoms with E-state index < -0.39 is 0 Å². The molecule has 1 aliphatic heterocycles. The van der Waals surface area contributed by atoms with Gasteiger partial charge in [0.1, 0.15) is 5.76 Å². The van der Waals surface area contributed by atoms with E-state index in [1.54, 1.807) is 6.20 Å². The highest BCUT2D eigenvalue weighted by Crippen LogP contribution is 2.27. The second-order valence-corrected chi connectivity index (χ2v) is 6.34. The molecule has 1 amide bonds. The van der Waals surface area contributed by atoms with Gasteiger partial charge in [-0.05, 0) is 25.8 Å². The summed E-state index contributed by atoms with van der Waals surface area (Å²) in [5.41, 5.74) is 0. The maximum absolute atomic E-state index is 12.3. The zero-order valence-electron chi connectivity index (χ0n) is 12.8. The van der Waals surface area contributed by atoms with E-state index in [4.69, 9.17) is 4.42 Å². The van der Waals surface area contributed by atoms with E-state index in [1.807, 2.05) is 6.92 Å². The second kappa shape index (κ2) is 6.60. The molecule has 1 unspecified atom stereocenters. The average molecular weight is 291 g/mol. The lowest BCUT2D eigenvalue weighted by Crippen LogP contribution is -2.37. The molecule has 1 aromatic rings. The molecule has 0 bridgehead atoms. The molecular weight excluding hydrogens is 266 g/mol. The number of hydrogen-bond acceptors (Lipinski definition) is 4. The summed E-state index contributed by atoms with van der Waals surface area (Å²) in [6.45, 7) is 4.25. The Morgan fingerprint density at radius 1 is 1.38 bits per heavy atom. The topological polar surface area (TPSA) is 58.4 Å². The fourth-order valence-electron chi connectivity index (χ4n) is 3.58. The first-order chi connectivity index (χ1) is 10.2. The third kappa shape index (κ3) is 3.64. The predicted molar refractivity (Wildman–Crippen MR) is 79.6 cm³/mol. The van der Waals surface area contributed by atoms with Crippen molar-refractivity contribution in [1.29, 1.82) is 0 Å². The van der Waals surface area contributed by atoms with Crippen LogP contribution in [0.2, 0.25) is 0 Å². The first kappa shape index (κ1) is 14.6. The Labute approximate surface area is 126 Å². The summed E-state index contributed by atoms with van der Waals surface area (Å²) < 4.78 is 5.38. The van der Waals surface area contributed by atoms with Crippen LogP contribution in [-0.2, 0) is 11.3 Å². The van der Waals surface area contributed by atoms with Gasteiger partial charge in [0.2, 0.25) is 5.91 Å². The number of nitrogens with zero attached hydrogens (tertiary/aromatic N) is 2. The van der Waals surface area contributed by atoms with E-state index in [9.17, 15) is 4.79 Å². The highest BCUT2D eigenvalue weighted by Gasteiger charge is 2.32. The molecule has 5 heteroatoms. The van der Waals surface area contributed by atoms with Crippen molar-refractivity contribution < 1.29 is 9.21 Å². The molecule has 1 saturated carbocycles. The highest BCUT2D eigenvalue weighted by atomic mass is 16.4. The normalized spacial score (nSPS) is 24.3. The van der Waals surface area contributed by atoms with Gasteiger partial charge >= 0.3 is 0 Å². The standard InChI is InChI=1S/C16H25N3O2/c1-12-17-9-15(21-12)10-18-16(20)13-7-8-19(11-13)14-5-3-2-4-6-14/h9,13-14H,2-8,10-11H2,1H3,(H,18,20). The SMILES string of the molecule is Cc1ncc(CNC(=O)C2CCN(C3CCCCC3)C2)o1. The number of nitrogens with one attached hydrogen (secondary N) is 1. The largest absolute Gasteiger partial charge is 0.444 e. The first-order valence-corrected chi connectivity index (χ1v) is 8.15. The Kier molecular flexibility index (Phi) is 4.58. The van der Waals surface area contributed by atoms with E-state index >= 15 is 0 Å². The molecule has 3 rings (SSSR count). The van der Waals surface area contributed by atoms with Crippen molar-refractivity contribution in [1.82, 2.24) is 15.2 Å². The molecule has 1 N–H and O–H groups in total. The summed E-state index contributed by atoms with van der Waals surface area (Å²) in [7, 11) is 0. The molecular formula is C16H25N3O2. The van der Waals surface area contributed by atoms with Gasteiger partial charge < -0.3 is 9.73 Å². The summed E-state index contributed by atoms with van der Waals surface area (Å²) >= 11 is 0. The van der Waals surface area contributed by atoms with E-state index in [2.05, 4.69) is 15.2 Å². The number of likely N-dealkylation sites (tertiary alicyclic amines) is 1. The van der Waals surface area contributed by atoms with Crippen molar-refractivity contribution in [3.05, 3.63) is 17.8 Å². The summed E-state index contributed by atoms with van der Waals surface area (Å²) in [5.74, 6) is 1.66. The second-order valence-electron chi connectivity index (χ2n) is 6.34.